The Morgan fingerprint density at radius 3 is 2.50 bits per heavy atom. The van der Waals surface area contributed by atoms with E-state index in [1.54, 1.807) is 18.7 Å². The number of aryl methyl sites for hydroxylation is 1. The van der Waals surface area contributed by atoms with Gasteiger partial charge in [-0.25, -0.2) is 28.1 Å². The molecule has 12 nitrogen and oxygen atoms in total. The molecule has 0 amide bonds. The van der Waals surface area contributed by atoms with E-state index in [-0.39, 0.29) is 29.0 Å². The van der Waals surface area contributed by atoms with Crippen molar-refractivity contribution in [3.8, 4) is 23.0 Å². The number of ether oxygens (including phenoxy) is 1. The predicted octanol–water partition coefficient (Wildman–Crippen LogP) is 6.53. The van der Waals surface area contributed by atoms with Crippen LogP contribution in [-0.4, -0.2) is 70.1 Å². The fourth-order valence-corrected chi connectivity index (χ4v) is 6.31. The normalized spacial score (nSPS) is 15.8. The monoisotopic (exact) mass is 715 g/mol. The zero-order valence-electron chi connectivity index (χ0n) is 28.2. The molecule has 4 heterocycles. The maximum atomic E-state index is 13.7. The van der Waals surface area contributed by atoms with Gasteiger partial charge in [-0.2, -0.15) is 13.2 Å². The number of rotatable bonds is 7. The van der Waals surface area contributed by atoms with Crippen molar-refractivity contribution in [2.75, 3.05) is 29.3 Å². The van der Waals surface area contributed by atoms with Crippen LogP contribution in [0.3, 0.4) is 0 Å². The van der Waals surface area contributed by atoms with Crippen LogP contribution in [0.4, 0.5) is 24.8 Å². The summed E-state index contributed by atoms with van der Waals surface area (Å²) in [7, 11) is -4.23. The minimum absolute atomic E-state index is 0.0482. The molecule has 2 N–H and O–H groups in total. The number of sulfonamides is 1. The molecule has 4 aromatic rings. The van der Waals surface area contributed by atoms with Gasteiger partial charge < -0.3 is 14.7 Å². The van der Waals surface area contributed by atoms with E-state index in [1.165, 1.54) is 41.5 Å². The van der Waals surface area contributed by atoms with Crippen LogP contribution in [0.1, 0.15) is 58.9 Å². The second-order valence-corrected chi connectivity index (χ2v) is 15.3. The average molecular weight is 716 g/mol. The van der Waals surface area contributed by atoms with Crippen LogP contribution < -0.4 is 14.4 Å². The molecule has 3 aromatic heterocycles. The lowest BCUT2D eigenvalue weighted by Gasteiger charge is -2.31. The van der Waals surface area contributed by atoms with Gasteiger partial charge in [0.1, 0.15) is 18.1 Å². The maximum Gasteiger partial charge on any atom is 0.397 e. The lowest BCUT2D eigenvalue weighted by Crippen LogP contribution is -2.40. The molecule has 1 aromatic carbocycles. The van der Waals surface area contributed by atoms with Gasteiger partial charge in [0.05, 0.1) is 21.9 Å². The van der Waals surface area contributed by atoms with Crippen molar-refractivity contribution in [2.24, 2.45) is 10.8 Å². The Morgan fingerprint density at radius 1 is 1.02 bits per heavy atom. The molecule has 1 aliphatic heterocycles. The van der Waals surface area contributed by atoms with Crippen molar-refractivity contribution in [2.45, 2.75) is 70.9 Å². The maximum absolute atomic E-state index is 13.7. The third-order valence-electron chi connectivity index (χ3n) is 8.54. The van der Waals surface area contributed by atoms with E-state index < -0.39 is 39.6 Å². The first-order chi connectivity index (χ1) is 23.5. The first-order valence-electron chi connectivity index (χ1n) is 16.1. The molecule has 4 bridgehead atoms. The summed E-state index contributed by atoms with van der Waals surface area (Å²) in [5.41, 5.74) is -1.31. The van der Waals surface area contributed by atoms with Gasteiger partial charge in [0, 0.05) is 43.2 Å². The third kappa shape index (κ3) is 8.34. The van der Waals surface area contributed by atoms with Crippen molar-refractivity contribution >= 4 is 27.6 Å². The third-order valence-corrected chi connectivity index (χ3v) is 9.89. The minimum Gasteiger partial charge on any atom is -0.481 e. The van der Waals surface area contributed by atoms with Crippen LogP contribution in [0.5, 0.6) is 5.88 Å². The topological polar surface area (TPSA) is 152 Å². The fourth-order valence-electron chi connectivity index (χ4n) is 5.32. The van der Waals surface area contributed by atoms with Gasteiger partial charge in [0.25, 0.3) is 10.0 Å². The molecule has 268 valence electrons. The smallest absolute Gasteiger partial charge is 0.397 e. The fraction of sp³-hybridized carbons (Fsp3) is 0.441. The number of nitrogens with one attached hydrogen (secondary N) is 1. The van der Waals surface area contributed by atoms with Gasteiger partial charge in [-0.1, -0.05) is 37.1 Å². The van der Waals surface area contributed by atoms with Crippen molar-refractivity contribution < 1.29 is 36.2 Å². The number of alkyl halides is 3. The van der Waals surface area contributed by atoms with E-state index in [2.05, 4.69) is 24.8 Å². The molecular formula is C34H40F3N7O5S. The molecule has 0 saturated heterocycles. The standard InChI is InChI=1S/C34H40F3N7O5S/c1-32(2,31(45)46)21-43-17-10-6-5-7-11-23-12-8-9-13-25(23)29-30(44-18-15-28(41-44)49-22-33(3,4)34(35,36)37)39-20-26(40-29)42-50(47,48)24-14-16-38-27(43)19-24/h8-9,12-16,18-20H,5-7,10-11,17,21-22H2,1-4H3,(H,40,42)(H,45,46). The molecule has 0 unspecified atom stereocenters. The van der Waals surface area contributed by atoms with Crippen LogP contribution in [0.2, 0.25) is 0 Å². The van der Waals surface area contributed by atoms with Gasteiger partial charge in [-0.3, -0.25) is 9.52 Å². The molecule has 0 aliphatic carbocycles. The summed E-state index contributed by atoms with van der Waals surface area (Å²) in [4.78, 5) is 27.3. The molecule has 1 aliphatic rings. The van der Waals surface area contributed by atoms with Crippen LogP contribution in [0.25, 0.3) is 17.1 Å². The van der Waals surface area contributed by atoms with E-state index >= 15 is 0 Å². The summed E-state index contributed by atoms with van der Waals surface area (Å²) in [6.45, 7) is 5.26. The molecule has 50 heavy (non-hydrogen) atoms. The number of anilines is 2. The van der Waals surface area contributed by atoms with E-state index in [0.717, 1.165) is 45.1 Å². The lowest BCUT2D eigenvalue weighted by molar-refractivity contribution is -0.219. The van der Waals surface area contributed by atoms with Gasteiger partial charge in [-0.15, -0.1) is 5.10 Å². The van der Waals surface area contributed by atoms with E-state index in [4.69, 9.17) is 4.74 Å². The number of carboxylic acids is 1. The number of aromatic nitrogens is 5. The molecule has 0 fully saturated rings. The molecule has 5 rings (SSSR count). The zero-order chi connectivity index (χ0) is 36.3. The van der Waals surface area contributed by atoms with Gasteiger partial charge in [-0.05, 0) is 58.6 Å². The van der Waals surface area contributed by atoms with Crippen LogP contribution in [0.15, 0.2) is 66.0 Å². The highest BCUT2D eigenvalue weighted by Gasteiger charge is 2.48. The summed E-state index contributed by atoms with van der Waals surface area (Å²) < 4.78 is 76.9. The summed E-state index contributed by atoms with van der Waals surface area (Å²) in [5.74, 6) is -0.566. The lowest BCUT2D eigenvalue weighted by atomic mass is 9.93. The summed E-state index contributed by atoms with van der Waals surface area (Å²) in [6.07, 6.45) is 3.55. The highest BCUT2D eigenvalue weighted by molar-refractivity contribution is 7.92. The Balaban J connectivity index is 1.54. The SMILES string of the molecule is CC(C)(CN1CCCCCCc2ccccc2-c2nc(cnc2-n2ccc(OCC(C)(C)C(F)(F)F)n2)NS(=O)(=O)c2ccnc1c2)C(=O)O. The van der Waals surface area contributed by atoms with E-state index in [1.807, 2.05) is 24.3 Å². The number of hydrogen-bond acceptors (Lipinski definition) is 9. The van der Waals surface area contributed by atoms with Crippen molar-refractivity contribution in [3.63, 3.8) is 0 Å². The van der Waals surface area contributed by atoms with Crippen molar-refractivity contribution in [1.29, 1.82) is 0 Å². The van der Waals surface area contributed by atoms with Gasteiger partial charge in [0.2, 0.25) is 5.88 Å². The largest absolute Gasteiger partial charge is 0.481 e. The van der Waals surface area contributed by atoms with E-state index in [9.17, 15) is 31.5 Å². The van der Waals surface area contributed by atoms with Crippen LogP contribution in [-0.2, 0) is 21.2 Å². The number of nitrogens with zero attached hydrogens (tertiary/aromatic N) is 6. The Morgan fingerprint density at radius 2 is 1.76 bits per heavy atom. The number of aliphatic carboxylic acids is 1. The zero-order valence-corrected chi connectivity index (χ0v) is 29.1. The first kappa shape index (κ1) is 36.5. The number of hydrogen-bond donors (Lipinski definition) is 2. The highest BCUT2D eigenvalue weighted by Crippen LogP contribution is 2.38. The minimum atomic E-state index is -4.48. The summed E-state index contributed by atoms with van der Waals surface area (Å²) in [6, 6.07) is 11.7. The summed E-state index contributed by atoms with van der Waals surface area (Å²) >= 11 is 0. The highest BCUT2D eigenvalue weighted by atomic mass is 32.2. The number of halogens is 3. The van der Waals surface area contributed by atoms with Gasteiger partial charge >= 0.3 is 12.1 Å². The molecule has 16 heteroatoms. The van der Waals surface area contributed by atoms with Crippen LogP contribution >= 0.6 is 0 Å². The molecular weight excluding hydrogens is 675 g/mol. The Bertz CT molecular complexity index is 1950. The predicted molar refractivity (Wildman–Crippen MR) is 181 cm³/mol. The van der Waals surface area contributed by atoms with Crippen LogP contribution in [0, 0.1) is 10.8 Å². The number of pyridine rings is 1. The van der Waals surface area contributed by atoms with Crippen molar-refractivity contribution in [3.05, 3.63) is 66.6 Å². The number of fused-ring (bicyclic) bond motifs is 6. The molecule has 0 radical (unpaired) electrons. The first-order valence-corrected chi connectivity index (χ1v) is 17.6. The van der Waals surface area contributed by atoms with Crippen molar-refractivity contribution in [1.82, 2.24) is 24.7 Å². The Labute approximate surface area is 288 Å². The second-order valence-electron chi connectivity index (χ2n) is 13.6. The summed E-state index contributed by atoms with van der Waals surface area (Å²) in [5, 5.41) is 14.1. The second kappa shape index (κ2) is 14.2. The molecule has 0 saturated carbocycles. The number of carbonyl (C=O) groups is 1. The van der Waals surface area contributed by atoms with E-state index in [0.29, 0.717) is 30.0 Å². The Hall–Kier alpha value is -4.73. The number of benzene rings is 1. The molecule has 0 atom stereocenters. The Kier molecular flexibility index (Phi) is 10.4. The average Bonchev–Trinajstić information content (AvgIpc) is 3.53. The van der Waals surface area contributed by atoms with Gasteiger partial charge in [0.15, 0.2) is 11.6 Å². The number of carboxylic acid groups (broad SMARTS) is 1. The quantitative estimate of drug-likeness (QED) is 0.216. The molecule has 0 spiro atoms.